The van der Waals surface area contributed by atoms with Crippen molar-refractivity contribution < 1.29 is 0 Å². The Kier molecular flexibility index (Phi) is 4.30. The van der Waals surface area contributed by atoms with E-state index in [0.717, 1.165) is 5.57 Å². The van der Waals surface area contributed by atoms with Crippen LogP contribution in [0.25, 0.3) is 5.57 Å². The van der Waals surface area contributed by atoms with Crippen molar-refractivity contribution in [2.24, 2.45) is 0 Å². The molecule has 0 radical (unpaired) electrons. The second-order valence-electron chi connectivity index (χ2n) is 4.24. The fourth-order valence-electron chi connectivity index (χ4n) is 1.71. The molecule has 0 aliphatic rings. The van der Waals surface area contributed by atoms with Crippen LogP contribution < -0.4 is 0 Å². The Bertz CT molecular complexity index is 445. The Morgan fingerprint density at radius 3 is 2.38 bits per heavy atom. The maximum atomic E-state index is 3.88. The third kappa shape index (κ3) is 3.23. The van der Waals surface area contributed by atoms with Gasteiger partial charge in [0.2, 0.25) is 0 Å². The van der Waals surface area contributed by atoms with Crippen LogP contribution in [0.2, 0.25) is 0 Å². The Morgan fingerprint density at radius 2 is 1.88 bits per heavy atom. The lowest BCUT2D eigenvalue weighted by Gasteiger charge is -2.07. The number of rotatable bonds is 3. The summed E-state index contributed by atoms with van der Waals surface area (Å²) >= 11 is 0. The van der Waals surface area contributed by atoms with Gasteiger partial charge in [-0.3, -0.25) is 0 Å². The molecule has 84 valence electrons. The van der Waals surface area contributed by atoms with Crippen LogP contribution in [-0.4, -0.2) is 0 Å². The van der Waals surface area contributed by atoms with Crippen LogP contribution in [0.1, 0.15) is 30.5 Å². The van der Waals surface area contributed by atoms with Crippen molar-refractivity contribution in [1.82, 2.24) is 0 Å². The molecule has 0 bridgehead atoms. The van der Waals surface area contributed by atoms with Crippen LogP contribution in [0.4, 0.5) is 0 Å². The molecule has 1 rings (SSSR count). The van der Waals surface area contributed by atoms with Gasteiger partial charge in [-0.05, 0) is 44.4 Å². The standard InChI is InChI=1S/C16H20/c1-6-15(9-7-12(2)3)16-10-8-13(4)11-14(16)5/h6-11H,2H2,1,3-5H3/b9-7-,15-6+. The summed E-state index contributed by atoms with van der Waals surface area (Å²) in [5.74, 6) is 0. The predicted molar refractivity (Wildman–Crippen MR) is 73.5 cm³/mol. The highest BCUT2D eigenvalue weighted by atomic mass is 14.1. The monoisotopic (exact) mass is 212 g/mol. The molecule has 0 aromatic heterocycles. The first-order valence-electron chi connectivity index (χ1n) is 5.62. The molecule has 0 fully saturated rings. The lowest BCUT2D eigenvalue weighted by Crippen LogP contribution is -1.87. The highest BCUT2D eigenvalue weighted by molar-refractivity contribution is 5.76. The Labute approximate surface area is 99.0 Å². The smallest absolute Gasteiger partial charge is 0.0158 e. The molecule has 0 heteroatoms. The second kappa shape index (κ2) is 5.50. The molecule has 0 saturated carbocycles. The van der Waals surface area contributed by atoms with Crippen LogP contribution in [0, 0.1) is 13.8 Å². The Morgan fingerprint density at radius 1 is 1.19 bits per heavy atom. The van der Waals surface area contributed by atoms with Crippen LogP contribution >= 0.6 is 0 Å². The molecule has 0 unspecified atom stereocenters. The molecule has 0 nitrogen and oxygen atoms in total. The zero-order chi connectivity index (χ0) is 12.1. The molecule has 1 aromatic rings. The third-order valence-corrected chi connectivity index (χ3v) is 2.55. The highest BCUT2D eigenvalue weighted by Gasteiger charge is 2.01. The van der Waals surface area contributed by atoms with E-state index in [2.05, 4.69) is 63.8 Å². The minimum atomic E-state index is 1.07. The maximum absolute atomic E-state index is 3.88. The maximum Gasteiger partial charge on any atom is -0.0158 e. The molecule has 0 N–H and O–H groups in total. The number of hydrogen-bond donors (Lipinski definition) is 0. The van der Waals surface area contributed by atoms with Crippen molar-refractivity contribution in [3.8, 4) is 0 Å². The molecule has 0 spiro atoms. The number of benzene rings is 1. The van der Waals surface area contributed by atoms with Gasteiger partial charge in [0.25, 0.3) is 0 Å². The fourth-order valence-corrected chi connectivity index (χ4v) is 1.71. The largest absolute Gasteiger partial charge is 0.0961 e. The van der Waals surface area contributed by atoms with Crippen molar-refractivity contribution >= 4 is 5.57 Å². The molecule has 0 atom stereocenters. The van der Waals surface area contributed by atoms with Crippen molar-refractivity contribution in [3.05, 3.63) is 65.3 Å². The third-order valence-electron chi connectivity index (χ3n) is 2.55. The van der Waals surface area contributed by atoms with Gasteiger partial charge < -0.3 is 0 Å². The lowest BCUT2D eigenvalue weighted by atomic mass is 9.98. The SMILES string of the molecule is C=C(C)/C=C\C(=C/C)c1ccc(C)cc1C. The molecule has 1 aromatic carbocycles. The van der Waals surface area contributed by atoms with Gasteiger partial charge >= 0.3 is 0 Å². The van der Waals surface area contributed by atoms with Gasteiger partial charge in [-0.2, -0.15) is 0 Å². The van der Waals surface area contributed by atoms with Gasteiger partial charge in [0, 0.05) is 0 Å². The average Bonchev–Trinajstić information content (AvgIpc) is 2.21. The van der Waals surface area contributed by atoms with Gasteiger partial charge in [-0.25, -0.2) is 0 Å². The predicted octanol–water partition coefficient (Wildman–Crippen LogP) is 4.84. The molecular weight excluding hydrogens is 192 g/mol. The van der Waals surface area contributed by atoms with E-state index in [9.17, 15) is 0 Å². The van der Waals surface area contributed by atoms with Crippen molar-refractivity contribution in [1.29, 1.82) is 0 Å². The van der Waals surface area contributed by atoms with Gasteiger partial charge in [0.1, 0.15) is 0 Å². The zero-order valence-corrected chi connectivity index (χ0v) is 10.7. The summed E-state index contributed by atoms with van der Waals surface area (Å²) in [6.45, 7) is 12.2. The molecule has 0 heterocycles. The van der Waals surface area contributed by atoms with Gasteiger partial charge in [0.15, 0.2) is 0 Å². The summed E-state index contributed by atoms with van der Waals surface area (Å²) in [6.07, 6.45) is 6.31. The van der Waals surface area contributed by atoms with E-state index in [1.54, 1.807) is 0 Å². The Hall–Kier alpha value is -1.56. The van der Waals surface area contributed by atoms with E-state index < -0.39 is 0 Å². The summed E-state index contributed by atoms with van der Waals surface area (Å²) in [6, 6.07) is 6.55. The molecular formula is C16H20. The summed E-state index contributed by atoms with van der Waals surface area (Å²) in [5, 5.41) is 0. The van der Waals surface area contributed by atoms with Crippen LogP contribution in [0.3, 0.4) is 0 Å². The number of hydrogen-bond acceptors (Lipinski definition) is 0. The van der Waals surface area contributed by atoms with E-state index in [1.807, 2.05) is 6.92 Å². The normalized spacial score (nSPS) is 12.1. The first-order chi connectivity index (χ1) is 7.54. The molecule has 0 aliphatic carbocycles. The first-order valence-corrected chi connectivity index (χ1v) is 5.62. The minimum Gasteiger partial charge on any atom is -0.0961 e. The van der Waals surface area contributed by atoms with E-state index in [-0.39, 0.29) is 0 Å². The van der Waals surface area contributed by atoms with Gasteiger partial charge in [-0.1, -0.05) is 54.1 Å². The summed E-state index contributed by atoms with van der Waals surface area (Å²) in [5.41, 5.74) is 6.25. The van der Waals surface area contributed by atoms with E-state index >= 15 is 0 Å². The van der Waals surface area contributed by atoms with Crippen molar-refractivity contribution in [3.63, 3.8) is 0 Å². The van der Waals surface area contributed by atoms with E-state index in [1.165, 1.54) is 22.3 Å². The van der Waals surface area contributed by atoms with Crippen LogP contribution in [0.5, 0.6) is 0 Å². The molecule has 0 aliphatic heterocycles. The molecule has 0 saturated heterocycles. The average molecular weight is 212 g/mol. The molecule has 16 heavy (non-hydrogen) atoms. The van der Waals surface area contributed by atoms with Gasteiger partial charge in [-0.15, -0.1) is 0 Å². The minimum absolute atomic E-state index is 1.07. The summed E-state index contributed by atoms with van der Waals surface area (Å²) < 4.78 is 0. The first kappa shape index (κ1) is 12.5. The molecule has 0 amide bonds. The van der Waals surface area contributed by atoms with Crippen molar-refractivity contribution in [2.75, 3.05) is 0 Å². The fraction of sp³-hybridized carbons (Fsp3) is 0.250. The highest BCUT2D eigenvalue weighted by Crippen LogP contribution is 2.21. The van der Waals surface area contributed by atoms with Gasteiger partial charge in [0.05, 0.1) is 0 Å². The Balaban J connectivity index is 3.10. The lowest BCUT2D eigenvalue weighted by molar-refractivity contribution is 1.35. The van der Waals surface area contributed by atoms with E-state index in [0.29, 0.717) is 0 Å². The van der Waals surface area contributed by atoms with E-state index in [4.69, 9.17) is 0 Å². The van der Waals surface area contributed by atoms with Crippen LogP contribution in [0.15, 0.2) is 48.6 Å². The van der Waals surface area contributed by atoms with Crippen LogP contribution in [-0.2, 0) is 0 Å². The topological polar surface area (TPSA) is 0 Å². The quantitative estimate of drug-likeness (QED) is 0.629. The van der Waals surface area contributed by atoms with Crippen molar-refractivity contribution in [2.45, 2.75) is 27.7 Å². The number of allylic oxidation sites excluding steroid dienone is 5. The number of aryl methyl sites for hydroxylation is 2. The second-order valence-corrected chi connectivity index (χ2v) is 4.24. The summed E-state index contributed by atoms with van der Waals surface area (Å²) in [7, 11) is 0. The summed E-state index contributed by atoms with van der Waals surface area (Å²) in [4.78, 5) is 0. The zero-order valence-electron chi connectivity index (χ0n) is 10.7.